The van der Waals surface area contributed by atoms with Crippen LogP contribution in [0.25, 0.3) is 0 Å². The molecule has 1 atom stereocenters. The summed E-state index contributed by atoms with van der Waals surface area (Å²) in [5.74, 6) is 1.27. The topological polar surface area (TPSA) is 26.0 Å². The molecule has 10 heavy (non-hydrogen) atoms. The Balaban J connectivity index is 2.97. The molecule has 0 aliphatic rings. The maximum atomic E-state index is 5.39. The first-order valence-electron chi connectivity index (χ1n) is 3.88. The van der Waals surface area contributed by atoms with Crippen LogP contribution in [0.4, 0.5) is 0 Å². The van der Waals surface area contributed by atoms with Gasteiger partial charge in [-0.05, 0) is 0 Å². The summed E-state index contributed by atoms with van der Waals surface area (Å²) in [4.78, 5) is 0. The molecule has 2 N–H and O–H groups in total. The molecular weight excluding hydrogens is 249 g/mol. The SMILES string of the molecule is CCS[CH]([SnH])CCCCN. The molecule has 1 nitrogen and oxygen atoms in total. The summed E-state index contributed by atoms with van der Waals surface area (Å²) >= 11 is 3.50. The van der Waals surface area contributed by atoms with Crippen molar-refractivity contribution in [2.45, 2.75) is 29.5 Å². The van der Waals surface area contributed by atoms with Gasteiger partial charge in [-0.25, -0.2) is 0 Å². The first kappa shape index (κ1) is 11.1. The van der Waals surface area contributed by atoms with E-state index in [0.717, 1.165) is 9.81 Å². The fourth-order valence-electron chi connectivity index (χ4n) is 0.787. The third-order valence-corrected chi connectivity index (χ3v) is 4.92. The van der Waals surface area contributed by atoms with Crippen molar-refractivity contribution in [2.75, 3.05) is 12.3 Å². The quantitative estimate of drug-likeness (QED) is 0.575. The zero-order valence-electron chi connectivity index (χ0n) is 6.68. The Morgan fingerprint density at radius 2 is 2.20 bits per heavy atom. The summed E-state index contributed by atoms with van der Waals surface area (Å²) in [6.07, 6.45) is 3.93. The van der Waals surface area contributed by atoms with Crippen LogP contribution in [0.5, 0.6) is 0 Å². The van der Waals surface area contributed by atoms with Crippen LogP contribution in [0.1, 0.15) is 26.2 Å². The summed E-state index contributed by atoms with van der Waals surface area (Å²) < 4.78 is 0.960. The second-order valence-electron chi connectivity index (χ2n) is 2.28. The third-order valence-electron chi connectivity index (χ3n) is 1.32. The fourth-order valence-corrected chi connectivity index (χ4v) is 3.87. The number of hydrogen-bond acceptors (Lipinski definition) is 2. The Labute approximate surface area is 81.6 Å². The van der Waals surface area contributed by atoms with Gasteiger partial charge in [0.15, 0.2) is 0 Å². The second-order valence-corrected chi connectivity index (χ2v) is 7.47. The van der Waals surface area contributed by atoms with Gasteiger partial charge in [-0.3, -0.25) is 0 Å². The van der Waals surface area contributed by atoms with Gasteiger partial charge in [0.2, 0.25) is 0 Å². The Kier molecular flexibility index (Phi) is 9.12. The van der Waals surface area contributed by atoms with Crippen LogP contribution in [-0.4, -0.2) is 38.1 Å². The molecule has 0 aromatic carbocycles. The van der Waals surface area contributed by atoms with Gasteiger partial charge in [-0.2, -0.15) is 0 Å². The van der Waals surface area contributed by atoms with E-state index in [0.29, 0.717) is 0 Å². The van der Waals surface area contributed by atoms with Gasteiger partial charge in [0.1, 0.15) is 0 Å². The Hall–Kier alpha value is 1.11. The molecule has 3 heteroatoms. The van der Waals surface area contributed by atoms with E-state index in [1.54, 1.807) is 0 Å². The Morgan fingerprint density at radius 1 is 1.50 bits per heavy atom. The zero-order valence-corrected chi connectivity index (χ0v) is 10.8. The molecular formula is C7H17NSSn. The molecule has 0 amide bonds. The normalized spacial score (nSPS) is 13.5. The molecule has 0 heterocycles. The minimum absolute atomic E-state index is 0.865. The summed E-state index contributed by atoms with van der Waals surface area (Å²) in [5, 5.41) is 0. The molecule has 0 aromatic rings. The van der Waals surface area contributed by atoms with Crippen molar-refractivity contribution in [3.63, 3.8) is 0 Å². The number of rotatable bonds is 6. The summed E-state index contributed by atoms with van der Waals surface area (Å²) in [6.45, 7) is 3.10. The van der Waals surface area contributed by atoms with Crippen molar-refractivity contribution in [2.24, 2.45) is 5.73 Å². The molecule has 0 bridgehead atoms. The zero-order chi connectivity index (χ0) is 7.82. The van der Waals surface area contributed by atoms with Gasteiger partial charge in [0, 0.05) is 0 Å². The van der Waals surface area contributed by atoms with Crippen LogP contribution in [0.2, 0.25) is 0 Å². The van der Waals surface area contributed by atoms with Gasteiger partial charge < -0.3 is 0 Å². The van der Waals surface area contributed by atoms with E-state index >= 15 is 0 Å². The Morgan fingerprint density at radius 3 is 2.70 bits per heavy atom. The summed E-state index contributed by atoms with van der Waals surface area (Å²) in [7, 11) is 0. The first-order valence-corrected chi connectivity index (χ1v) is 6.83. The number of unbranched alkanes of at least 4 members (excludes halogenated alkanes) is 1. The molecule has 60 valence electrons. The van der Waals surface area contributed by atoms with Crippen molar-refractivity contribution < 1.29 is 0 Å². The van der Waals surface area contributed by atoms with Crippen LogP contribution in [0.3, 0.4) is 0 Å². The van der Waals surface area contributed by atoms with Gasteiger partial charge in [0.05, 0.1) is 0 Å². The molecule has 0 saturated carbocycles. The second kappa shape index (κ2) is 8.21. The molecule has 0 fully saturated rings. The van der Waals surface area contributed by atoms with Crippen molar-refractivity contribution >= 4 is 34.3 Å². The fraction of sp³-hybridized carbons (Fsp3) is 1.00. The predicted molar refractivity (Wildman–Crippen MR) is 52.0 cm³/mol. The molecule has 0 spiro atoms. The van der Waals surface area contributed by atoms with Gasteiger partial charge in [-0.15, -0.1) is 0 Å². The van der Waals surface area contributed by atoms with Crippen molar-refractivity contribution in [1.29, 1.82) is 0 Å². The third kappa shape index (κ3) is 7.22. The van der Waals surface area contributed by atoms with E-state index < -0.39 is 0 Å². The molecule has 0 aliphatic carbocycles. The van der Waals surface area contributed by atoms with Gasteiger partial charge >= 0.3 is 81.8 Å². The monoisotopic (exact) mass is 267 g/mol. The van der Waals surface area contributed by atoms with E-state index in [4.69, 9.17) is 5.73 Å². The molecule has 2 radical (unpaired) electrons. The van der Waals surface area contributed by atoms with Gasteiger partial charge in [0.25, 0.3) is 0 Å². The first-order chi connectivity index (χ1) is 4.81. The van der Waals surface area contributed by atoms with Crippen LogP contribution < -0.4 is 5.73 Å². The van der Waals surface area contributed by atoms with E-state index in [1.807, 2.05) is 0 Å². The standard InChI is InChI=1S/C7H16NS.Sn.H/c1-2-9-7-5-3-4-6-8;;/h7H,2-6,8H2,1H3;;. The number of hydrogen-bond donors (Lipinski definition) is 1. The van der Waals surface area contributed by atoms with E-state index in [2.05, 4.69) is 18.7 Å². The molecule has 0 rings (SSSR count). The molecule has 0 saturated heterocycles. The summed E-state index contributed by atoms with van der Waals surface area (Å²) in [5.41, 5.74) is 5.39. The summed E-state index contributed by atoms with van der Waals surface area (Å²) in [6, 6.07) is 0. The van der Waals surface area contributed by atoms with E-state index in [1.165, 1.54) is 47.5 Å². The van der Waals surface area contributed by atoms with E-state index in [9.17, 15) is 0 Å². The van der Waals surface area contributed by atoms with Gasteiger partial charge in [-0.1, -0.05) is 0 Å². The predicted octanol–water partition coefficient (Wildman–Crippen LogP) is 1.10. The average molecular weight is 266 g/mol. The maximum absolute atomic E-state index is 5.39. The van der Waals surface area contributed by atoms with Crippen LogP contribution in [0.15, 0.2) is 0 Å². The van der Waals surface area contributed by atoms with Crippen LogP contribution in [-0.2, 0) is 0 Å². The number of thioether (sulfide) groups is 1. The van der Waals surface area contributed by atoms with Crippen molar-refractivity contribution in [1.82, 2.24) is 0 Å². The van der Waals surface area contributed by atoms with Crippen LogP contribution in [0, 0.1) is 0 Å². The molecule has 0 aliphatic heterocycles. The van der Waals surface area contributed by atoms with Crippen molar-refractivity contribution in [3.05, 3.63) is 0 Å². The number of nitrogens with two attached hydrogens (primary N) is 1. The molecule has 0 aromatic heterocycles. The minimum atomic E-state index is 0.865. The average Bonchev–Trinajstić information content (AvgIpc) is 1.89. The Bertz CT molecular complexity index is 70.6. The molecule has 1 unspecified atom stereocenters. The van der Waals surface area contributed by atoms with Crippen molar-refractivity contribution in [3.8, 4) is 0 Å². The van der Waals surface area contributed by atoms with E-state index in [-0.39, 0.29) is 0 Å². The van der Waals surface area contributed by atoms with Crippen LogP contribution >= 0.6 is 11.8 Å².